The first-order chi connectivity index (χ1) is 8.69. The van der Waals surface area contributed by atoms with Gasteiger partial charge in [0.2, 0.25) is 5.82 Å². The number of hydrogen-bond donors (Lipinski definition) is 2. The highest BCUT2D eigenvalue weighted by Crippen LogP contribution is 2.29. The molecule has 0 amide bonds. The number of aromatic nitrogens is 2. The molecule has 1 atom stereocenters. The third-order valence-corrected chi connectivity index (χ3v) is 3.25. The van der Waals surface area contributed by atoms with Gasteiger partial charge in [-0.05, 0) is 37.9 Å². The first kappa shape index (κ1) is 11.4. The lowest BCUT2D eigenvalue weighted by Crippen LogP contribution is -2.43. The SMILES string of the molecule is Cc1ccoc1-c1noc(C2(O)CCCNC2)n1. The predicted molar refractivity (Wildman–Crippen MR) is 62.7 cm³/mol. The second kappa shape index (κ2) is 4.22. The molecule has 3 heterocycles. The van der Waals surface area contributed by atoms with E-state index >= 15 is 0 Å². The van der Waals surface area contributed by atoms with E-state index in [1.807, 2.05) is 13.0 Å². The van der Waals surface area contributed by atoms with Gasteiger partial charge in [-0.1, -0.05) is 5.16 Å². The van der Waals surface area contributed by atoms with Crippen molar-refractivity contribution in [2.45, 2.75) is 25.4 Å². The van der Waals surface area contributed by atoms with Crippen LogP contribution in [0.5, 0.6) is 0 Å². The number of furan rings is 1. The normalized spacial score (nSPS) is 24.3. The highest BCUT2D eigenvalue weighted by molar-refractivity contribution is 5.51. The van der Waals surface area contributed by atoms with Crippen molar-refractivity contribution in [3.05, 3.63) is 23.8 Å². The zero-order valence-electron chi connectivity index (χ0n) is 10.1. The van der Waals surface area contributed by atoms with Crippen LogP contribution in [-0.2, 0) is 5.60 Å². The summed E-state index contributed by atoms with van der Waals surface area (Å²) in [4.78, 5) is 4.25. The fourth-order valence-corrected chi connectivity index (χ4v) is 2.18. The van der Waals surface area contributed by atoms with Crippen LogP contribution in [0.1, 0.15) is 24.3 Å². The highest BCUT2D eigenvalue weighted by Gasteiger charge is 2.37. The Labute approximate surface area is 104 Å². The van der Waals surface area contributed by atoms with Crippen molar-refractivity contribution < 1.29 is 14.0 Å². The van der Waals surface area contributed by atoms with Crippen LogP contribution in [0.15, 0.2) is 21.3 Å². The lowest BCUT2D eigenvalue weighted by atomic mass is 9.94. The van der Waals surface area contributed by atoms with E-state index in [4.69, 9.17) is 8.94 Å². The van der Waals surface area contributed by atoms with E-state index < -0.39 is 5.60 Å². The zero-order chi connectivity index (χ0) is 12.6. The first-order valence-corrected chi connectivity index (χ1v) is 6.01. The molecule has 0 bridgehead atoms. The summed E-state index contributed by atoms with van der Waals surface area (Å²) in [6, 6.07) is 1.84. The van der Waals surface area contributed by atoms with Crippen molar-refractivity contribution in [3.63, 3.8) is 0 Å². The molecule has 6 heteroatoms. The van der Waals surface area contributed by atoms with Crippen LogP contribution in [0.3, 0.4) is 0 Å². The smallest absolute Gasteiger partial charge is 0.260 e. The minimum Gasteiger partial charge on any atom is -0.461 e. The van der Waals surface area contributed by atoms with E-state index in [0.717, 1.165) is 18.5 Å². The van der Waals surface area contributed by atoms with Crippen LogP contribution in [0.25, 0.3) is 11.6 Å². The summed E-state index contributed by atoms with van der Waals surface area (Å²) in [5.41, 5.74) is -0.125. The van der Waals surface area contributed by atoms with Gasteiger partial charge in [-0.25, -0.2) is 0 Å². The molecule has 3 rings (SSSR count). The molecule has 1 saturated heterocycles. The summed E-state index contributed by atoms with van der Waals surface area (Å²) in [5, 5.41) is 17.4. The van der Waals surface area contributed by atoms with Gasteiger partial charge in [0.1, 0.15) is 0 Å². The van der Waals surface area contributed by atoms with Gasteiger partial charge >= 0.3 is 0 Å². The summed E-state index contributed by atoms with van der Waals surface area (Å²) in [6.45, 7) is 3.25. The van der Waals surface area contributed by atoms with Crippen molar-refractivity contribution in [1.82, 2.24) is 15.5 Å². The second-order valence-electron chi connectivity index (χ2n) is 4.67. The molecule has 0 saturated carbocycles. The van der Waals surface area contributed by atoms with Crippen molar-refractivity contribution in [3.8, 4) is 11.6 Å². The van der Waals surface area contributed by atoms with Gasteiger partial charge in [0, 0.05) is 6.54 Å². The topological polar surface area (TPSA) is 84.3 Å². The van der Waals surface area contributed by atoms with Gasteiger partial charge in [-0.2, -0.15) is 4.98 Å². The van der Waals surface area contributed by atoms with E-state index in [1.165, 1.54) is 0 Å². The number of aliphatic hydroxyl groups is 1. The van der Waals surface area contributed by atoms with Gasteiger partial charge in [0.25, 0.3) is 5.89 Å². The van der Waals surface area contributed by atoms with Crippen molar-refractivity contribution in [2.24, 2.45) is 0 Å². The summed E-state index contributed by atoms with van der Waals surface area (Å²) >= 11 is 0. The Bertz CT molecular complexity index is 540. The number of β-amino-alcohol motifs (C(OH)–C–C–N with tert-alkyl or cyclic N) is 1. The molecular weight excluding hydrogens is 234 g/mol. The molecule has 1 fully saturated rings. The van der Waals surface area contributed by atoms with Gasteiger partial charge in [0.15, 0.2) is 11.4 Å². The third-order valence-electron chi connectivity index (χ3n) is 3.25. The molecule has 2 aromatic heterocycles. The summed E-state index contributed by atoms with van der Waals surface area (Å²) in [6.07, 6.45) is 3.09. The molecule has 0 spiro atoms. The summed E-state index contributed by atoms with van der Waals surface area (Å²) in [7, 11) is 0. The molecule has 0 aliphatic carbocycles. The fourth-order valence-electron chi connectivity index (χ4n) is 2.18. The van der Waals surface area contributed by atoms with Gasteiger partial charge < -0.3 is 19.4 Å². The van der Waals surface area contributed by atoms with Crippen LogP contribution in [0.2, 0.25) is 0 Å². The average Bonchev–Trinajstić information content (AvgIpc) is 2.98. The molecule has 1 aliphatic heterocycles. The van der Waals surface area contributed by atoms with E-state index in [-0.39, 0.29) is 5.89 Å². The number of piperidine rings is 1. The minimum atomic E-state index is -1.07. The lowest BCUT2D eigenvalue weighted by Gasteiger charge is -2.28. The predicted octanol–water partition coefficient (Wildman–Crippen LogP) is 1.21. The number of nitrogens with one attached hydrogen (secondary N) is 1. The Kier molecular flexibility index (Phi) is 2.68. The van der Waals surface area contributed by atoms with Crippen molar-refractivity contribution >= 4 is 0 Å². The Hall–Kier alpha value is -1.66. The number of hydrogen-bond acceptors (Lipinski definition) is 6. The van der Waals surface area contributed by atoms with Gasteiger partial charge in [-0.3, -0.25) is 0 Å². The second-order valence-corrected chi connectivity index (χ2v) is 4.67. The third kappa shape index (κ3) is 1.83. The van der Waals surface area contributed by atoms with Gasteiger partial charge in [-0.15, -0.1) is 0 Å². The van der Waals surface area contributed by atoms with Crippen LogP contribution in [-0.4, -0.2) is 28.3 Å². The van der Waals surface area contributed by atoms with Gasteiger partial charge in [0.05, 0.1) is 6.26 Å². The van der Waals surface area contributed by atoms with Crippen LogP contribution in [0, 0.1) is 6.92 Å². The molecule has 0 radical (unpaired) electrons. The quantitative estimate of drug-likeness (QED) is 0.832. The van der Waals surface area contributed by atoms with Crippen molar-refractivity contribution in [1.29, 1.82) is 0 Å². The van der Waals surface area contributed by atoms with Crippen LogP contribution in [0.4, 0.5) is 0 Å². The number of rotatable bonds is 2. The van der Waals surface area contributed by atoms with E-state index in [9.17, 15) is 5.11 Å². The highest BCUT2D eigenvalue weighted by atomic mass is 16.5. The maximum Gasteiger partial charge on any atom is 0.260 e. The van der Waals surface area contributed by atoms with E-state index in [1.54, 1.807) is 6.26 Å². The maximum absolute atomic E-state index is 10.4. The molecule has 96 valence electrons. The molecule has 1 unspecified atom stereocenters. The molecule has 0 aromatic carbocycles. The molecule has 1 aliphatic rings. The molecule has 18 heavy (non-hydrogen) atoms. The Morgan fingerprint density at radius 3 is 3.06 bits per heavy atom. The average molecular weight is 249 g/mol. The Morgan fingerprint density at radius 2 is 2.39 bits per heavy atom. The first-order valence-electron chi connectivity index (χ1n) is 6.01. The Balaban J connectivity index is 1.92. The summed E-state index contributed by atoms with van der Waals surface area (Å²) in [5.74, 6) is 1.21. The lowest BCUT2D eigenvalue weighted by molar-refractivity contribution is -0.0167. The van der Waals surface area contributed by atoms with E-state index in [0.29, 0.717) is 24.6 Å². The number of nitrogens with zero attached hydrogens (tertiary/aromatic N) is 2. The zero-order valence-corrected chi connectivity index (χ0v) is 10.1. The monoisotopic (exact) mass is 249 g/mol. The van der Waals surface area contributed by atoms with Crippen molar-refractivity contribution in [2.75, 3.05) is 13.1 Å². The van der Waals surface area contributed by atoms with Crippen LogP contribution < -0.4 is 5.32 Å². The fraction of sp³-hybridized carbons (Fsp3) is 0.500. The van der Waals surface area contributed by atoms with Crippen LogP contribution >= 0.6 is 0 Å². The molecule has 2 aromatic rings. The number of aryl methyl sites for hydroxylation is 1. The molecule has 6 nitrogen and oxygen atoms in total. The maximum atomic E-state index is 10.4. The molecule has 2 N–H and O–H groups in total. The summed E-state index contributed by atoms with van der Waals surface area (Å²) < 4.78 is 10.5. The Morgan fingerprint density at radius 1 is 1.50 bits per heavy atom. The standard InChI is InChI=1S/C12H15N3O3/c1-8-3-6-17-9(8)10-14-11(18-15-10)12(16)4-2-5-13-7-12/h3,6,13,16H,2,4-5,7H2,1H3. The molecular formula is C12H15N3O3. The largest absolute Gasteiger partial charge is 0.461 e. The minimum absolute atomic E-state index is 0.250. The van der Waals surface area contributed by atoms with E-state index in [2.05, 4.69) is 15.5 Å².